The number of carbonyl (C=O) groups excluding carboxylic acids is 1. The number of ketones is 1. The summed E-state index contributed by atoms with van der Waals surface area (Å²) in [5.41, 5.74) is 0.684. The molecule has 0 aliphatic carbocycles. The van der Waals surface area contributed by atoms with Crippen LogP contribution >= 0.6 is 0 Å². The number of benzene rings is 1. The largest absolute Gasteiger partial charge is 0.504 e. The highest BCUT2D eigenvalue weighted by atomic mass is 16.5. The molecule has 1 unspecified atom stereocenters. The summed E-state index contributed by atoms with van der Waals surface area (Å²) in [6, 6.07) is 4.75. The van der Waals surface area contributed by atoms with Crippen molar-refractivity contribution in [2.24, 2.45) is 0 Å². The first-order chi connectivity index (χ1) is 7.60. The minimum atomic E-state index is -0.598. The Morgan fingerprint density at radius 2 is 2.19 bits per heavy atom. The fraction of sp³-hybridized carbons (Fsp3) is 0.417. The van der Waals surface area contributed by atoms with Gasteiger partial charge in [0.15, 0.2) is 17.3 Å². The minimum Gasteiger partial charge on any atom is -0.504 e. The van der Waals surface area contributed by atoms with Gasteiger partial charge in [-0.15, -0.1) is 0 Å². The quantitative estimate of drug-likeness (QED) is 0.831. The second kappa shape index (κ2) is 5.51. The minimum absolute atomic E-state index is 0.0463. The van der Waals surface area contributed by atoms with E-state index in [1.807, 2.05) is 6.92 Å². The topological polar surface area (TPSA) is 55.8 Å². The van der Waals surface area contributed by atoms with Crippen LogP contribution in [0.4, 0.5) is 0 Å². The van der Waals surface area contributed by atoms with Gasteiger partial charge in [0.05, 0.1) is 7.11 Å². The van der Waals surface area contributed by atoms with Crippen LogP contribution in [0.5, 0.6) is 11.5 Å². The third kappa shape index (κ3) is 2.73. The maximum absolute atomic E-state index is 11.4. The van der Waals surface area contributed by atoms with E-state index >= 15 is 0 Å². The fourth-order valence-electron chi connectivity index (χ4n) is 1.47. The summed E-state index contributed by atoms with van der Waals surface area (Å²) >= 11 is 0. The van der Waals surface area contributed by atoms with Crippen molar-refractivity contribution >= 4 is 5.78 Å². The Bertz CT molecular complexity index is 373. The van der Waals surface area contributed by atoms with Gasteiger partial charge in [0.2, 0.25) is 0 Å². The second-order valence-electron chi connectivity index (χ2n) is 3.38. The van der Waals surface area contributed by atoms with Gasteiger partial charge in [0, 0.05) is 6.61 Å². The maximum atomic E-state index is 11.4. The molecule has 0 heterocycles. The van der Waals surface area contributed by atoms with Crippen LogP contribution in [0, 0.1) is 0 Å². The van der Waals surface area contributed by atoms with E-state index in [2.05, 4.69) is 0 Å². The van der Waals surface area contributed by atoms with Crippen molar-refractivity contribution in [3.63, 3.8) is 0 Å². The molecule has 1 aromatic carbocycles. The number of hydrogen-bond donors (Lipinski definition) is 1. The Hall–Kier alpha value is -1.55. The first-order valence-corrected chi connectivity index (χ1v) is 5.09. The standard InChI is InChI=1S/C12H16O4/c1-4-16-12(8(2)13)9-5-6-10(14)11(7-9)15-3/h5-7,12,14H,4H2,1-3H3. The van der Waals surface area contributed by atoms with Gasteiger partial charge in [-0.1, -0.05) is 6.07 Å². The number of Topliss-reactive ketones (excluding diaryl/α,β-unsaturated/α-hetero) is 1. The summed E-state index contributed by atoms with van der Waals surface area (Å²) in [6.45, 7) is 3.75. The van der Waals surface area contributed by atoms with Crippen LogP contribution in [0.1, 0.15) is 25.5 Å². The van der Waals surface area contributed by atoms with Crippen LogP contribution in [-0.2, 0) is 9.53 Å². The highest BCUT2D eigenvalue weighted by molar-refractivity contribution is 5.82. The van der Waals surface area contributed by atoms with Gasteiger partial charge in [0.25, 0.3) is 0 Å². The molecule has 0 aliphatic heterocycles. The Kier molecular flexibility index (Phi) is 4.31. The molecule has 0 saturated carbocycles. The maximum Gasteiger partial charge on any atom is 0.163 e. The number of rotatable bonds is 5. The first-order valence-electron chi connectivity index (χ1n) is 5.09. The van der Waals surface area contributed by atoms with Crippen LogP contribution < -0.4 is 4.74 Å². The molecule has 0 spiro atoms. The molecule has 0 fully saturated rings. The number of phenols is 1. The van der Waals surface area contributed by atoms with Crippen molar-refractivity contribution in [3.8, 4) is 11.5 Å². The van der Waals surface area contributed by atoms with E-state index < -0.39 is 6.10 Å². The summed E-state index contributed by atoms with van der Waals surface area (Å²) < 4.78 is 10.3. The van der Waals surface area contributed by atoms with E-state index in [4.69, 9.17) is 9.47 Å². The van der Waals surface area contributed by atoms with E-state index in [0.29, 0.717) is 17.9 Å². The lowest BCUT2D eigenvalue weighted by molar-refractivity contribution is -0.128. The highest BCUT2D eigenvalue weighted by Gasteiger charge is 2.18. The Balaban J connectivity index is 3.05. The monoisotopic (exact) mass is 224 g/mol. The summed E-state index contributed by atoms with van der Waals surface area (Å²) in [7, 11) is 1.46. The molecule has 1 N–H and O–H groups in total. The van der Waals surface area contributed by atoms with Crippen molar-refractivity contribution in [2.45, 2.75) is 20.0 Å². The van der Waals surface area contributed by atoms with Crippen LogP contribution in [0.3, 0.4) is 0 Å². The summed E-state index contributed by atoms with van der Waals surface area (Å²) in [5.74, 6) is 0.308. The van der Waals surface area contributed by atoms with E-state index in [1.165, 1.54) is 20.1 Å². The van der Waals surface area contributed by atoms with Crippen molar-refractivity contribution in [1.82, 2.24) is 0 Å². The third-order valence-electron chi connectivity index (χ3n) is 2.21. The zero-order valence-electron chi connectivity index (χ0n) is 9.69. The van der Waals surface area contributed by atoms with Gasteiger partial charge in [-0.05, 0) is 31.5 Å². The van der Waals surface area contributed by atoms with Crippen LogP contribution in [-0.4, -0.2) is 24.6 Å². The van der Waals surface area contributed by atoms with Crippen molar-refractivity contribution in [3.05, 3.63) is 23.8 Å². The lowest BCUT2D eigenvalue weighted by Crippen LogP contribution is -2.12. The molecule has 0 amide bonds. The molecular formula is C12H16O4. The number of ether oxygens (including phenoxy) is 2. The molecule has 4 heteroatoms. The number of methoxy groups -OCH3 is 1. The average Bonchev–Trinajstić information content (AvgIpc) is 2.26. The van der Waals surface area contributed by atoms with E-state index in [1.54, 1.807) is 12.1 Å². The molecule has 1 aromatic rings. The lowest BCUT2D eigenvalue weighted by Gasteiger charge is -2.15. The molecule has 0 aliphatic rings. The Labute approximate surface area is 94.8 Å². The zero-order chi connectivity index (χ0) is 12.1. The summed E-state index contributed by atoms with van der Waals surface area (Å²) in [5, 5.41) is 9.43. The van der Waals surface area contributed by atoms with Gasteiger partial charge in [-0.3, -0.25) is 4.79 Å². The number of hydrogen-bond acceptors (Lipinski definition) is 4. The van der Waals surface area contributed by atoms with Crippen LogP contribution in [0.25, 0.3) is 0 Å². The molecule has 0 bridgehead atoms. The number of aromatic hydroxyl groups is 1. The normalized spacial score (nSPS) is 12.2. The van der Waals surface area contributed by atoms with Gasteiger partial charge in [-0.25, -0.2) is 0 Å². The second-order valence-corrected chi connectivity index (χ2v) is 3.38. The van der Waals surface area contributed by atoms with Gasteiger partial charge in [0.1, 0.15) is 6.10 Å². The SMILES string of the molecule is CCOC(C(C)=O)c1ccc(O)c(OC)c1. The van der Waals surface area contributed by atoms with Crippen molar-refractivity contribution in [2.75, 3.05) is 13.7 Å². The van der Waals surface area contributed by atoms with E-state index in [9.17, 15) is 9.90 Å². The molecule has 0 radical (unpaired) electrons. The summed E-state index contributed by atoms with van der Waals surface area (Å²) in [6.07, 6.45) is -0.598. The molecule has 88 valence electrons. The first kappa shape index (κ1) is 12.5. The van der Waals surface area contributed by atoms with Crippen molar-refractivity contribution in [1.29, 1.82) is 0 Å². The van der Waals surface area contributed by atoms with Crippen molar-refractivity contribution < 1.29 is 19.4 Å². The lowest BCUT2D eigenvalue weighted by atomic mass is 10.1. The number of phenolic OH excluding ortho intramolecular Hbond substituents is 1. The molecular weight excluding hydrogens is 208 g/mol. The zero-order valence-corrected chi connectivity index (χ0v) is 9.69. The van der Waals surface area contributed by atoms with E-state index in [0.717, 1.165) is 0 Å². The molecule has 0 saturated heterocycles. The molecule has 0 aromatic heterocycles. The van der Waals surface area contributed by atoms with Gasteiger partial charge >= 0.3 is 0 Å². The van der Waals surface area contributed by atoms with Crippen LogP contribution in [0.2, 0.25) is 0 Å². The van der Waals surface area contributed by atoms with Crippen LogP contribution in [0.15, 0.2) is 18.2 Å². The Morgan fingerprint density at radius 3 is 2.69 bits per heavy atom. The van der Waals surface area contributed by atoms with Gasteiger partial charge < -0.3 is 14.6 Å². The molecule has 1 rings (SSSR count). The molecule has 4 nitrogen and oxygen atoms in total. The smallest absolute Gasteiger partial charge is 0.163 e. The highest BCUT2D eigenvalue weighted by Crippen LogP contribution is 2.30. The van der Waals surface area contributed by atoms with E-state index in [-0.39, 0.29) is 11.5 Å². The predicted molar refractivity (Wildman–Crippen MR) is 59.7 cm³/mol. The van der Waals surface area contributed by atoms with Gasteiger partial charge in [-0.2, -0.15) is 0 Å². The molecule has 1 atom stereocenters. The molecule has 16 heavy (non-hydrogen) atoms. The average molecular weight is 224 g/mol. The Morgan fingerprint density at radius 1 is 1.50 bits per heavy atom. The predicted octanol–water partition coefficient (Wildman–Crippen LogP) is 2.07. The third-order valence-corrected chi connectivity index (χ3v) is 2.21. The fourth-order valence-corrected chi connectivity index (χ4v) is 1.47. The summed E-state index contributed by atoms with van der Waals surface area (Å²) in [4.78, 5) is 11.4. The number of carbonyl (C=O) groups is 1.